The van der Waals surface area contributed by atoms with Crippen molar-refractivity contribution in [2.75, 3.05) is 26.2 Å². The quantitative estimate of drug-likeness (QED) is 0.904. The van der Waals surface area contributed by atoms with E-state index in [1.54, 1.807) is 0 Å². The second-order valence-electron chi connectivity index (χ2n) is 6.90. The lowest BCUT2D eigenvalue weighted by Crippen LogP contribution is -2.36. The topological polar surface area (TPSA) is 41.6 Å². The number of ether oxygens (including phenoxy) is 1. The van der Waals surface area contributed by atoms with Gasteiger partial charge in [0.2, 0.25) is 5.91 Å². The highest BCUT2D eigenvalue weighted by molar-refractivity contribution is 7.11. The van der Waals surface area contributed by atoms with Crippen LogP contribution in [0.1, 0.15) is 23.6 Å². The van der Waals surface area contributed by atoms with E-state index in [1.165, 1.54) is 9.75 Å². The number of hydrogen-bond acceptors (Lipinski definition) is 4. The van der Waals surface area contributed by atoms with Crippen molar-refractivity contribution in [1.29, 1.82) is 0 Å². The molecular weight excluding hydrogens is 296 g/mol. The van der Waals surface area contributed by atoms with E-state index in [2.05, 4.69) is 29.3 Å². The Morgan fingerprint density at radius 2 is 2.27 bits per heavy atom. The summed E-state index contributed by atoms with van der Waals surface area (Å²) in [5, 5.41) is 3.07. The lowest BCUT2D eigenvalue weighted by atomic mass is 9.93. The van der Waals surface area contributed by atoms with Crippen molar-refractivity contribution in [3.63, 3.8) is 0 Å². The molecule has 2 aliphatic heterocycles. The van der Waals surface area contributed by atoms with Gasteiger partial charge in [0.25, 0.3) is 0 Å². The van der Waals surface area contributed by atoms with E-state index in [1.807, 2.05) is 25.2 Å². The third kappa shape index (κ3) is 3.53. The molecule has 122 valence electrons. The second kappa shape index (κ2) is 6.69. The Morgan fingerprint density at radius 1 is 1.45 bits per heavy atom. The van der Waals surface area contributed by atoms with Gasteiger partial charge >= 0.3 is 0 Å². The van der Waals surface area contributed by atoms with Gasteiger partial charge in [-0.3, -0.25) is 9.69 Å². The Kier molecular flexibility index (Phi) is 4.85. The van der Waals surface area contributed by atoms with Crippen molar-refractivity contribution in [2.45, 2.75) is 33.4 Å². The molecule has 5 heteroatoms. The molecule has 0 radical (unpaired) electrons. The SMILES string of the molecule is Cc1ccc(CN2C[C@@H]3[C@@H](CNC(=O)C(C)C)CO[C@@H]3C2)s1. The molecule has 4 nitrogen and oxygen atoms in total. The molecule has 1 aromatic heterocycles. The summed E-state index contributed by atoms with van der Waals surface area (Å²) in [7, 11) is 0. The van der Waals surface area contributed by atoms with Crippen LogP contribution in [-0.2, 0) is 16.1 Å². The van der Waals surface area contributed by atoms with Crippen molar-refractivity contribution in [3.05, 3.63) is 21.9 Å². The number of hydrogen-bond donors (Lipinski definition) is 1. The molecule has 2 fully saturated rings. The van der Waals surface area contributed by atoms with Crippen LogP contribution in [0.2, 0.25) is 0 Å². The van der Waals surface area contributed by atoms with Crippen molar-refractivity contribution in [3.8, 4) is 0 Å². The van der Waals surface area contributed by atoms with Crippen molar-refractivity contribution in [1.82, 2.24) is 10.2 Å². The maximum Gasteiger partial charge on any atom is 0.222 e. The maximum atomic E-state index is 11.7. The molecule has 0 aromatic carbocycles. The molecule has 0 aliphatic carbocycles. The molecule has 1 amide bonds. The fourth-order valence-electron chi connectivity index (χ4n) is 3.45. The van der Waals surface area contributed by atoms with Crippen molar-refractivity contribution >= 4 is 17.2 Å². The number of nitrogens with one attached hydrogen (secondary N) is 1. The number of carbonyl (C=O) groups excluding carboxylic acids is 1. The molecule has 0 unspecified atom stereocenters. The van der Waals surface area contributed by atoms with Crippen LogP contribution in [0.15, 0.2) is 12.1 Å². The minimum absolute atomic E-state index is 0.0558. The summed E-state index contributed by atoms with van der Waals surface area (Å²) in [5.74, 6) is 1.23. The van der Waals surface area contributed by atoms with E-state index in [9.17, 15) is 4.79 Å². The van der Waals surface area contributed by atoms with E-state index in [0.717, 1.165) is 32.8 Å². The molecule has 0 spiro atoms. The van der Waals surface area contributed by atoms with E-state index in [0.29, 0.717) is 17.9 Å². The highest BCUT2D eigenvalue weighted by Crippen LogP contribution is 2.34. The molecule has 0 bridgehead atoms. The summed E-state index contributed by atoms with van der Waals surface area (Å²) in [6.45, 7) is 10.7. The number of amides is 1. The van der Waals surface area contributed by atoms with E-state index < -0.39 is 0 Å². The van der Waals surface area contributed by atoms with Crippen LogP contribution in [0.4, 0.5) is 0 Å². The average molecular weight is 322 g/mol. The highest BCUT2D eigenvalue weighted by atomic mass is 32.1. The van der Waals surface area contributed by atoms with Gasteiger partial charge in [-0.25, -0.2) is 0 Å². The summed E-state index contributed by atoms with van der Waals surface area (Å²) in [6, 6.07) is 4.42. The zero-order valence-electron chi connectivity index (χ0n) is 13.7. The minimum atomic E-state index is 0.0558. The monoisotopic (exact) mass is 322 g/mol. The van der Waals surface area contributed by atoms with Gasteiger partial charge in [-0.05, 0) is 19.1 Å². The number of likely N-dealkylation sites (tertiary alicyclic amines) is 1. The van der Waals surface area contributed by atoms with Crippen LogP contribution in [0.3, 0.4) is 0 Å². The molecule has 0 saturated carbocycles. The van der Waals surface area contributed by atoms with Crippen LogP contribution in [-0.4, -0.2) is 43.2 Å². The van der Waals surface area contributed by atoms with E-state index >= 15 is 0 Å². The van der Waals surface area contributed by atoms with Gasteiger partial charge in [0, 0.05) is 53.7 Å². The van der Waals surface area contributed by atoms with E-state index in [4.69, 9.17) is 4.74 Å². The van der Waals surface area contributed by atoms with Crippen LogP contribution in [0, 0.1) is 24.7 Å². The van der Waals surface area contributed by atoms with Crippen LogP contribution >= 0.6 is 11.3 Å². The lowest BCUT2D eigenvalue weighted by Gasteiger charge is -2.20. The summed E-state index contributed by atoms with van der Waals surface area (Å²) in [4.78, 5) is 17.0. The van der Waals surface area contributed by atoms with Gasteiger partial charge in [0.15, 0.2) is 0 Å². The third-order valence-corrected chi connectivity index (χ3v) is 5.74. The number of carbonyl (C=O) groups is 1. The maximum absolute atomic E-state index is 11.7. The summed E-state index contributed by atoms with van der Waals surface area (Å²) >= 11 is 1.88. The van der Waals surface area contributed by atoms with Gasteiger partial charge in [-0.2, -0.15) is 0 Å². The number of aryl methyl sites for hydroxylation is 1. The summed E-state index contributed by atoms with van der Waals surface area (Å²) in [6.07, 6.45) is 0.349. The van der Waals surface area contributed by atoms with Gasteiger partial charge in [-0.1, -0.05) is 13.8 Å². The minimum Gasteiger partial charge on any atom is -0.376 e. The highest BCUT2D eigenvalue weighted by Gasteiger charge is 2.43. The van der Waals surface area contributed by atoms with Crippen LogP contribution < -0.4 is 5.32 Å². The molecule has 3 atom stereocenters. The molecule has 1 N–H and O–H groups in total. The zero-order valence-corrected chi connectivity index (χ0v) is 14.5. The second-order valence-corrected chi connectivity index (χ2v) is 8.27. The van der Waals surface area contributed by atoms with Crippen LogP contribution in [0.5, 0.6) is 0 Å². The fraction of sp³-hybridized carbons (Fsp3) is 0.706. The zero-order chi connectivity index (χ0) is 15.7. The number of nitrogens with zero attached hydrogens (tertiary/aromatic N) is 1. The van der Waals surface area contributed by atoms with Gasteiger partial charge in [-0.15, -0.1) is 11.3 Å². The normalized spacial score (nSPS) is 28.3. The standard InChI is InChI=1S/C17H26N2O2S/c1-11(2)17(20)18-6-13-10-21-16-9-19(8-15(13)16)7-14-5-4-12(3)22-14/h4-5,11,13,15-16H,6-10H2,1-3H3,(H,18,20)/t13-,15+,16+/m0/s1. The molecule has 3 heterocycles. The third-order valence-electron chi connectivity index (χ3n) is 4.75. The number of thiophene rings is 1. The Balaban J connectivity index is 1.51. The molecule has 2 aliphatic rings. The number of rotatable bonds is 5. The lowest BCUT2D eigenvalue weighted by molar-refractivity contribution is -0.124. The van der Waals surface area contributed by atoms with Gasteiger partial charge in [0.1, 0.15) is 0 Å². The fourth-order valence-corrected chi connectivity index (χ4v) is 4.38. The Morgan fingerprint density at radius 3 is 2.95 bits per heavy atom. The Bertz CT molecular complexity index is 528. The largest absolute Gasteiger partial charge is 0.376 e. The molecule has 1 aromatic rings. The Labute approximate surface area is 136 Å². The van der Waals surface area contributed by atoms with Crippen molar-refractivity contribution < 1.29 is 9.53 Å². The van der Waals surface area contributed by atoms with Crippen molar-refractivity contribution in [2.24, 2.45) is 17.8 Å². The first-order valence-corrected chi connectivity index (χ1v) is 9.01. The van der Waals surface area contributed by atoms with Crippen LogP contribution in [0.25, 0.3) is 0 Å². The van der Waals surface area contributed by atoms with E-state index in [-0.39, 0.29) is 11.8 Å². The molecule has 22 heavy (non-hydrogen) atoms. The smallest absolute Gasteiger partial charge is 0.222 e. The first kappa shape index (κ1) is 16.0. The summed E-state index contributed by atoms with van der Waals surface area (Å²) in [5.41, 5.74) is 0. The first-order valence-electron chi connectivity index (χ1n) is 8.20. The first-order chi connectivity index (χ1) is 10.5. The summed E-state index contributed by atoms with van der Waals surface area (Å²) < 4.78 is 5.97. The molecule has 2 saturated heterocycles. The predicted octanol–water partition coefficient (Wildman–Crippen LogP) is 2.28. The molecule has 3 rings (SSSR count). The molecular formula is C17H26N2O2S. The van der Waals surface area contributed by atoms with Gasteiger partial charge < -0.3 is 10.1 Å². The number of fused-ring (bicyclic) bond motifs is 1. The predicted molar refractivity (Wildman–Crippen MR) is 88.9 cm³/mol. The Hall–Kier alpha value is -0.910. The average Bonchev–Trinajstić information content (AvgIpc) is 3.13. The van der Waals surface area contributed by atoms with Gasteiger partial charge in [0.05, 0.1) is 12.7 Å².